The lowest BCUT2D eigenvalue weighted by molar-refractivity contribution is 0.661. The Morgan fingerprint density at radius 1 is 0.146 bits per heavy atom. The first kappa shape index (κ1) is 70.2. The Kier molecular flexibility index (Phi) is 15.7. The topological polar surface area (TPSA) is 13.0 Å². The Bertz CT molecular complexity index is 8590. The molecule has 4 nitrogen and oxygen atoms in total. The van der Waals surface area contributed by atoms with E-state index in [1.54, 1.807) is 0 Å². The summed E-state index contributed by atoms with van der Waals surface area (Å²) >= 11 is 0. The van der Waals surface area contributed by atoms with Gasteiger partial charge < -0.3 is 19.6 Å². The van der Waals surface area contributed by atoms with Crippen LogP contribution in [0, 0.1) is 0 Å². The zero-order valence-electron chi connectivity index (χ0n) is 67.9. The molecule has 1 aliphatic rings. The zero-order valence-corrected chi connectivity index (χ0v) is 67.9. The normalized spacial score (nSPS) is 12.5. The van der Waals surface area contributed by atoms with Gasteiger partial charge in [0.15, 0.2) is 0 Å². The molecule has 0 amide bonds. The molecule has 24 aromatic rings. The first-order chi connectivity index (χ1) is 60.7. The summed E-state index contributed by atoms with van der Waals surface area (Å²) in [5.74, 6) is 0. The second kappa shape index (κ2) is 27.6. The van der Waals surface area contributed by atoms with Gasteiger partial charge >= 0.3 is 0 Å². The third-order valence-corrected chi connectivity index (χ3v) is 26.6. The highest BCUT2D eigenvalue weighted by molar-refractivity contribution is 6.27. The molecule has 25 rings (SSSR count). The van der Waals surface area contributed by atoms with Crippen molar-refractivity contribution in [2.45, 2.75) is 19.3 Å². The van der Waals surface area contributed by atoms with E-state index in [1.165, 1.54) is 108 Å². The predicted molar refractivity (Wildman–Crippen MR) is 528 cm³/mol. The molecule has 574 valence electrons. The van der Waals surface area contributed by atoms with Crippen LogP contribution in [-0.2, 0) is 5.41 Å². The van der Waals surface area contributed by atoms with Gasteiger partial charge in [-0.05, 0) is 288 Å². The molecule has 0 atom stereocenters. The van der Waals surface area contributed by atoms with E-state index in [1.807, 2.05) is 0 Å². The Labute approximate surface area is 712 Å². The molecule has 0 spiro atoms. The van der Waals surface area contributed by atoms with Crippen LogP contribution in [-0.4, -0.2) is 0 Å². The summed E-state index contributed by atoms with van der Waals surface area (Å²) in [4.78, 5) is 10.3. The second-order valence-electron chi connectivity index (χ2n) is 34.0. The SMILES string of the molecule is CC1(C)c2cc(N(c3ccc4cc5ccccc5cc4c3)c3cccc4ccccc34)ccc2-c2cc3c(N(c4ccc5cc6ccccc6cc5c4)c4cccc5ccccc45)c4cc(N(c5ccc6cc7ccccc7cc6c5)c5cccc6ccccc56)ccc4c(N(c4ccc5cc6ccccc6cc5c4)c4cccc5ccccc45)c3cc21. The van der Waals surface area contributed by atoms with Gasteiger partial charge in [0.2, 0.25) is 0 Å². The molecule has 0 saturated carbocycles. The quantitative estimate of drug-likeness (QED) is 0.0893. The molecule has 4 heteroatoms. The van der Waals surface area contributed by atoms with Gasteiger partial charge in [0.1, 0.15) is 0 Å². The number of benzene rings is 24. The Morgan fingerprint density at radius 2 is 0.390 bits per heavy atom. The summed E-state index contributed by atoms with van der Waals surface area (Å²) in [6.45, 7) is 4.94. The largest absolute Gasteiger partial charge is 0.310 e. The van der Waals surface area contributed by atoms with Gasteiger partial charge in [0, 0.05) is 82.6 Å². The summed E-state index contributed by atoms with van der Waals surface area (Å²) in [5.41, 5.74) is 17.2. The number of hydrogen-bond donors (Lipinski definition) is 0. The lowest BCUT2D eigenvalue weighted by Gasteiger charge is -2.35. The van der Waals surface area contributed by atoms with Crippen LogP contribution in [0.5, 0.6) is 0 Å². The zero-order chi connectivity index (χ0) is 81.1. The van der Waals surface area contributed by atoms with Crippen LogP contribution in [0.2, 0.25) is 0 Å². The van der Waals surface area contributed by atoms with Crippen molar-refractivity contribution in [3.63, 3.8) is 0 Å². The lowest BCUT2D eigenvalue weighted by Crippen LogP contribution is -2.18. The molecule has 123 heavy (non-hydrogen) atoms. The Balaban J connectivity index is 0.831. The van der Waals surface area contributed by atoms with E-state index in [0.29, 0.717) is 0 Å². The third kappa shape index (κ3) is 11.4. The molecule has 0 N–H and O–H groups in total. The fourth-order valence-corrected chi connectivity index (χ4v) is 20.7. The molecule has 0 fully saturated rings. The first-order valence-corrected chi connectivity index (χ1v) is 42.7. The van der Waals surface area contributed by atoms with E-state index in [0.717, 1.165) is 133 Å². The molecule has 0 radical (unpaired) electrons. The van der Waals surface area contributed by atoms with Crippen molar-refractivity contribution in [1.82, 2.24) is 0 Å². The standard InChI is InChI=1S/C119H78N4/c1-119(2)111-72-100(121(114-44-20-36-76-24-12-16-40-102(76)114)96-52-48-88-60-80-28-4-8-32-84(80)64-92(88)68-96)55-57-105(111)107-73-109-110(74-112(107)119)117(122(115-45-21-37-77-25-13-17-41-103(77)115)97-53-49-89-61-81-29-5-9-33-85(81)65-93(89)69-97)106-58-56-99(120(113-43-19-35-75-23-11-15-39-101(75)113)95-51-47-87-59-79-27-3-7-31-83(79)63-91(87)67-95)71-108(106)118(109)123(116-46-22-38-78-26-14-18-42-104(78)116)98-54-50-90-62-82-30-6-10-34-86(82)66-94(90)70-98/h3-74H,1-2H3. The van der Waals surface area contributed by atoms with Crippen molar-refractivity contribution in [3.05, 3.63) is 448 Å². The van der Waals surface area contributed by atoms with E-state index >= 15 is 0 Å². The molecule has 0 bridgehead atoms. The maximum atomic E-state index is 2.65. The highest BCUT2D eigenvalue weighted by Crippen LogP contribution is 2.60. The Hall–Kier alpha value is -15.9. The maximum Gasteiger partial charge on any atom is 0.0621 e. The van der Waals surface area contributed by atoms with Crippen molar-refractivity contribution in [2.24, 2.45) is 0 Å². The molecule has 0 aromatic heterocycles. The van der Waals surface area contributed by atoms with E-state index in [-0.39, 0.29) is 0 Å². The van der Waals surface area contributed by atoms with Gasteiger partial charge in [-0.1, -0.05) is 293 Å². The van der Waals surface area contributed by atoms with E-state index in [9.17, 15) is 0 Å². The monoisotopic (exact) mass is 1560 g/mol. The summed E-state index contributed by atoms with van der Waals surface area (Å²) in [6, 6.07) is 165. The average Bonchev–Trinajstić information content (AvgIpc) is 1.62. The fraction of sp³-hybridized carbons (Fsp3) is 0.0252. The molecule has 0 heterocycles. The number of hydrogen-bond acceptors (Lipinski definition) is 4. The fourth-order valence-electron chi connectivity index (χ4n) is 20.7. The van der Waals surface area contributed by atoms with Crippen LogP contribution >= 0.6 is 0 Å². The number of nitrogens with zero attached hydrogens (tertiary/aromatic N) is 4. The summed E-state index contributed by atoms with van der Waals surface area (Å²) < 4.78 is 0. The molecule has 24 aromatic carbocycles. The highest BCUT2D eigenvalue weighted by atomic mass is 15.2. The molecule has 0 saturated heterocycles. The van der Waals surface area contributed by atoms with Gasteiger partial charge in [-0.15, -0.1) is 0 Å². The predicted octanol–water partition coefficient (Wildman–Crippen LogP) is 34.0. The molecule has 1 aliphatic carbocycles. The highest BCUT2D eigenvalue weighted by Gasteiger charge is 2.39. The van der Waals surface area contributed by atoms with Crippen LogP contribution in [0.4, 0.5) is 68.2 Å². The molecule has 0 unspecified atom stereocenters. The molecular formula is C119H78N4. The smallest absolute Gasteiger partial charge is 0.0621 e. The molecular weight excluding hydrogens is 1490 g/mol. The van der Waals surface area contributed by atoms with Crippen LogP contribution in [0.1, 0.15) is 25.0 Å². The van der Waals surface area contributed by atoms with Gasteiger partial charge in [-0.2, -0.15) is 0 Å². The number of anilines is 12. The van der Waals surface area contributed by atoms with Crippen LogP contribution < -0.4 is 19.6 Å². The average molecular weight is 1560 g/mol. The van der Waals surface area contributed by atoms with Crippen molar-refractivity contribution in [1.29, 1.82) is 0 Å². The number of fused-ring (bicyclic) bond motifs is 17. The van der Waals surface area contributed by atoms with E-state index in [4.69, 9.17) is 0 Å². The minimum atomic E-state index is -0.548. The summed E-state index contributed by atoms with van der Waals surface area (Å²) in [5, 5.41) is 32.7. The van der Waals surface area contributed by atoms with Gasteiger partial charge in [0.25, 0.3) is 0 Å². The van der Waals surface area contributed by atoms with Gasteiger partial charge in [-0.25, -0.2) is 0 Å². The maximum absolute atomic E-state index is 2.65. The van der Waals surface area contributed by atoms with E-state index < -0.39 is 5.41 Å². The molecule has 0 aliphatic heterocycles. The van der Waals surface area contributed by atoms with Crippen LogP contribution in [0.25, 0.3) is 162 Å². The summed E-state index contributed by atoms with van der Waals surface area (Å²) in [6.07, 6.45) is 0. The van der Waals surface area contributed by atoms with Crippen molar-refractivity contribution in [2.75, 3.05) is 19.6 Å². The Morgan fingerprint density at radius 3 is 0.756 bits per heavy atom. The van der Waals surface area contributed by atoms with Crippen LogP contribution in [0.3, 0.4) is 0 Å². The van der Waals surface area contributed by atoms with Crippen molar-refractivity contribution in [3.8, 4) is 11.1 Å². The minimum Gasteiger partial charge on any atom is -0.310 e. The first-order valence-electron chi connectivity index (χ1n) is 42.7. The van der Waals surface area contributed by atoms with Crippen molar-refractivity contribution < 1.29 is 0 Å². The summed E-state index contributed by atoms with van der Waals surface area (Å²) in [7, 11) is 0. The van der Waals surface area contributed by atoms with Gasteiger partial charge in [-0.3, -0.25) is 0 Å². The van der Waals surface area contributed by atoms with Crippen LogP contribution in [0.15, 0.2) is 437 Å². The second-order valence-corrected chi connectivity index (χ2v) is 34.0. The minimum absolute atomic E-state index is 0.548. The van der Waals surface area contributed by atoms with E-state index in [2.05, 4.69) is 470 Å². The van der Waals surface area contributed by atoms with Crippen molar-refractivity contribution >= 4 is 219 Å². The van der Waals surface area contributed by atoms with Gasteiger partial charge in [0.05, 0.1) is 34.1 Å². The number of rotatable bonds is 12. The third-order valence-electron chi connectivity index (χ3n) is 26.6. The lowest BCUT2D eigenvalue weighted by atomic mass is 9.81.